The van der Waals surface area contributed by atoms with Crippen LogP contribution in [-0.2, 0) is 4.79 Å². The number of anilines is 1. The van der Waals surface area contributed by atoms with Crippen LogP contribution in [0.3, 0.4) is 0 Å². The molecule has 142 valence electrons. The minimum absolute atomic E-state index is 0.166. The highest BCUT2D eigenvalue weighted by molar-refractivity contribution is 6.44. The quantitative estimate of drug-likeness (QED) is 0.519. The van der Waals surface area contributed by atoms with Crippen LogP contribution in [0, 0.1) is 0 Å². The first-order valence-electron chi connectivity index (χ1n) is 9.14. The number of benzene rings is 1. The monoisotopic (exact) mass is 376 g/mol. The second-order valence-corrected chi connectivity index (χ2v) is 6.50. The number of tetrazole rings is 1. The maximum Gasteiger partial charge on any atom is 0.283 e. The first-order chi connectivity index (χ1) is 13.8. The van der Waals surface area contributed by atoms with Crippen molar-refractivity contribution < 1.29 is 4.79 Å². The van der Waals surface area contributed by atoms with E-state index in [1.807, 2.05) is 17.0 Å². The highest BCUT2D eigenvalue weighted by Gasteiger charge is 2.28. The molecule has 1 aliphatic rings. The summed E-state index contributed by atoms with van der Waals surface area (Å²) in [7, 11) is 0. The van der Waals surface area contributed by atoms with Crippen molar-refractivity contribution in [1.29, 1.82) is 0 Å². The Hall–Kier alpha value is -3.62. The molecule has 9 heteroatoms. The number of pyridine rings is 1. The summed E-state index contributed by atoms with van der Waals surface area (Å²) in [5.41, 5.74) is 4.71. The van der Waals surface area contributed by atoms with E-state index in [1.54, 1.807) is 18.3 Å². The van der Waals surface area contributed by atoms with E-state index in [-0.39, 0.29) is 17.6 Å². The zero-order chi connectivity index (χ0) is 19.2. The predicted molar refractivity (Wildman–Crippen MR) is 104 cm³/mol. The van der Waals surface area contributed by atoms with Crippen LogP contribution >= 0.6 is 0 Å². The van der Waals surface area contributed by atoms with Crippen LogP contribution in [0.15, 0.2) is 59.8 Å². The number of rotatable bonds is 5. The Morgan fingerprint density at radius 3 is 2.57 bits per heavy atom. The largest absolute Gasteiger partial charge is 0.337 e. The van der Waals surface area contributed by atoms with Crippen LogP contribution in [0.1, 0.15) is 30.0 Å². The number of carbonyl (C=O) groups is 1. The Morgan fingerprint density at radius 1 is 1.11 bits per heavy atom. The number of likely N-dealkylation sites (tertiary alicyclic amines) is 1. The Morgan fingerprint density at radius 2 is 1.89 bits per heavy atom. The van der Waals surface area contributed by atoms with Gasteiger partial charge in [-0.3, -0.25) is 9.78 Å². The fraction of sp³-hybridized carbons (Fsp3) is 0.263. The van der Waals surface area contributed by atoms with Gasteiger partial charge in [0.1, 0.15) is 0 Å². The molecular weight excluding hydrogens is 356 g/mol. The van der Waals surface area contributed by atoms with Crippen molar-refractivity contribution in [1.82, 2.24) is 30.5 Å². The van der Waals surface area contributed by atoms with Crippen molar-refractivity contribution >= 4 is 17.6 Å². The lowest BCUT2D eigenvalue weighted by Gasteiger charge is -2.32. The lowest BCUT2D eigenvalue weighted by Crippen LogP contribution is -2.42. The summed E-state index contributed by atoms with van der Waals surface area (Å²) >= 11 is 0. The summed E-state index contributed by atoms with van der Waals surface area (Å²) in [4.78, 5) is 19.3. The molecule has 1 aromatic carbocycles. The zero-order valence-electron chi connectivity index (χ0n) is 15.2. The third kappa shape index (κ3) is 4.03. The molecule has 3 aromatic rings. The Labute approximate surface area is 161 Å². The fourth-order valence-corrected chi connectivity index (χ4v) is 3.32. The summed E-state index contributed by atoms with van der Waals surface area (Å²) < 4.78 is 0. The molecule has 0 unspecified atom stereocenters. The minimum Gasteiger partial charge on any atom is -0.337 e. The van der Waals surface area contributed by atoms with Gasteiger partial charge >= 0.3 is 0 Å². The second kappa shape index (κ2) is 8.38. The lowest BCUT2D eigenvalue weighted by atomic mass is 9.89. The number of piperidine rings is 1. The summed E-state index contributed by atoms with van der Waals surface area (Å²) in [5.74, 6) is 0.489. The van der Waals surface area contributed by atoms with E-state index in [1.165, 1.54) is 5.56 Å². The van der Waals surface area contributed by atoms with E-state index in [9.17, 15) is 4.79 Å². The highest BCUT2D eigenvalue weighted by atomic mass is 16.2. The molecule has 1 saturated heterocycles. The molecule has 0 aliphatic carbocycles. The van der Waals surface area contributed by atoms with Gasteiger partial charge in [-0.05, 0) is 41.7 Å². The lowest BCUT2D eigenvalue weighted by molar-refractivity contribution is -0.125. The molecule has 0 bridgehead atoms. The van der Waals surface area contributed by atoms with Crippen molar-refractivity contribution in [2.45, 2.75) is 18.8 Å². The minimum atomic E-state index is -0.166. The summed E-state index contributed by atoms with van der Waals surface area (Å²) in [6.07, 6.45) is 3.47. The number of carbonyl (C=O) groups excluding carboxylic acids is 1. The average Bonchev–Trinajstić information content (AvgIpc) is 3.29. The van der Waals surface area contributed by atoms with E-state index < -0.39 is 0 Å². The maximum absolute atomic E-state index is 13.2. The molecule has 0 radical (unpaired) electrons. The van der Waals surface area contributed by atoms with Crippen molar-refractivity contribution in [3.05, 3.63) is 66.0 Å². The van der Waals surface area contributed by atoms with Gasteiger partial charge in [0, 0.05) is 19.3 Å². The molecule has 0 saturated carbocycles. The Bertz CT molecular complexity index is 919. The number of H-pyrrole nitrogens is 1. The molecule has 3 heterocycles. The molecule has 28 heavy (non-hydrogen) atoms. The van der Waals surface area contributed by atoms with Gasteiger partial charge in [-0.1, -0.05) is 41.5 Å². The first kappa shape index (κ1) is 17.8. The number of hydrazone groups is 1. The van der Waals surface area contributed by atoms with Gasteiger partial charge in [0.15, 0.2) is 5.71 Å². The van der Waals surface area contributed by atoms with E-state index >= 15 is 0 Å². The third-order valence-electron chi connectivity index (χ3n) is 4.78. The third-order valence-corrected chi connectivity index (χ3v) is 4.78. The molecule has 2 N–H and O–H groups in total. The van der Waals surface area contributed by atoms with E-state index in [0.29, 0.717) is 24.7 Å². The number of hydrogen-bond donors (Lipinski definition) is 2. The zero-order valence-corrected chi connectivity index (χ0v) is 15.2. The molecule has 0 atom stereocenters. The van der Waals surface area contributed by atoms with E-state index in [0.717, 1.165) is 12.8 Å². The SMILES string of the molecule is O=C(/C(=N/Nc1nn[nH]n1)c1ccccn1)N1CCC(c2ccccc2)CC1. The van der Waals surface area contributed by atoms with Gasteiger partial charge in [-0.2, -0.15) is 10.3 Å². The van der Waals surface area contributed by atoms with Crippen molar-refractivity contribution in [2.75, 3.05) is 18.5 Å². The Kier molecular flexibility index (Phi) is 5.32. The summed E-state index contributed by atoms with van der Waals surface area (Å²) in [6.45, 7) is 1.35. The van der Waals surface area contributed by atoms with Gasteiger partial charge in [0.25, 0.3) is 11.9 Å². The number of amides is 1. The van der Waals surface area contributed by atoms with Crippen LogP contribution in [0.25, 0.3) is 0 Å². The van der Waals surface area contributed by atoms with Crippen LogP contribution in [0.4, 0.5) is 5.95 Å². The van der Waals surface area contributed by atoms with Crippen molar-refractivity contribution in [2.24, 2.45) is 5.10 Å². The topological polar surface area (TPSA) is 112 Å². The predicted octanol–water partition coefficient (Wildman–Crippen LogP) is 1.82. The molecule has 2 aromatic heterocycles. The van der Waals surface area contributed by atoms with Crippen LogP contribution in [0.5, 0.6) is 0 Å². The highest BCUT2D eigenvalue weighted by Crippen LogP contribution is 2.28. The molecule has 1 aliphatic heterocycles. The number of nitrogens with zero attached hydrogens (tertiary/aromatic N) is 6. The van der Waals surface area contributed by atoms with Gasteiger partial charge in [0.05, 0.1) is 5.69 Å². The van der Waals surface area contributed by atoms with Crippen molar-refractivity contribution in [3.8, 4) is 0 Å². The van der Waals surface area contributed by atoms with Gasteiger partial charge in [0.2, 0.25) is 0 Å². The average molecular weight is 376 g/mol. The van der Waals surface area contributed by atoms with Crippen LogP contribution in [0.2, 0.25) is 0 Å². The number of aromatic amines is 1. The smallest absolute Gasteiger partial charge is 0.283 e. The molecule has 4 rings (SSSR count). The van der Waals surface area contributed by atoms with E-state index in [4.69, 9.17) is 0 Å². The van der Waals surface area contributed by atoms with Crippen LogP contribution < -0.4 is 5.43 Å². The second-order valence-electron chi connectivity index (χ2n) is 6.50. The van der Waals surface area contributed by atoms with Gasteiger partial charge < -0.3 is 4.90 Å². The van der Waals surface area contributed by atoms with Gasteiger partial charge in [-0.25, -0.2) is 5.43 Å². The first-order valence-corrected chi connectivity index (χ1v) is 9.14. The molecule has 1 fully saturated rings. The fourth-order valence-electron chi connectivity index (χ4n) is 3.32. The summed E-state index contributed by atoms with van der Waals surface area (Å²) in [6, 6.07) is 15.8. The molecule has 1 amide bonds. The van der Waals surface area contributed by atoms with Crippen LogP contribution in [-0.4, -0.2) is 55.2 Å². The molecule has 0 spiro atoms. The van der Waals surface area contributed by atoms with Gasteiger partial charge in [-0.15, -0.1) is 5.10 Å². The number of nitrogens with one attached hydrogen (secondary N) is 2. The van der Waals surface area contributed by atoms with Crippen molar-refractivity contribution in [3.63, 3.8) is 0 Å². The number of aromatic nitrogens is 5. The van der Waals surface area contributed by atoms with E-state index in [2.05, 4.69) is 60.4 Å². The maximum atomic E-state index is 13.2. The molecule has 9 nitrogen and oxygen atoms in total. The summed E-state index contributed by atoms with van der Waals surface area (Å²) in [5, 5.41) is 17.6. The normalized spacial score (nSPS) is 15.4. The molecular formula is C19H20N8O. The Balaban J connectivity index is 1.49. The number of hydrogen-bond acceptors (Lipinski definition) is 7. The standard InChI is InChI=1S/C19H20N8O/c28-18(27-12-9-15(10-13-27)14-6-2-1-3-7-14)17(16-8-4-5-11-20-16)21-22-19-23-25-26-24-19/h1-8,11,15H,9-10,12-13H2,(H2,22,23,24,25,26)/b21-17+.